The quantitative estimate of drug-likeness (QED) is 0.797. The third-order valence-corrected chi connectivity index (χ3v) is 5.75. The molecule has 2 aliphatic rings. The molecule has 2 aromatic heterocycles. The number of carbonyl (C=O) groups is 1. The van der Waals surface area contributed by atoms with Crippen molar-refractivity contribution < 1.29 is 9.90 Å². The van der Waals surface area contributed by atoms with Gasteiger partial charge < -0.3 is 15.3 Å². The van der Waals surface area contributed by atoms with E-state index in [-0.39, 0.29) is 18.4 Å². The van der Waals surface area contributed by atoms with E-state index in [0.717, 1.165) is 24.2 Å². The summed E-state index contributed by atoms with van der Waals surface area (Å²) in [5, 5.41) is 26.6. The standard InChI is InChI=1S/C20H24N6O2/c1-19(2,13-27)26-11-15(10-23-26)24-17-9-16(5-7-22-17)25-8-6-20(12-21,18(25)28)14-3-4-14/h5,7,9-11,14,27H,3-4,6,8,13H2,1-2H3,(H,22,24). The summed E-state index contributed by atoms with van der Waals surface area (Å²) in [4.78, 5) is 19.0. The molecule has 2 N–H and O–H groups in total. The molecule has 1 atom stereocenters. The monoisotopic (exact) mass is 380 g/mol. The zero-order valence-corrected chi connectivity index (χ0v) is 16.1. The van der Waals surface area contributed by atoms with Gasteiger partial charge in [0.25, 0.3) is 0 Å². The maximum absolute atomic E-state index is 13.0. The fourth-order valence-corrected chi connectivity index (χ4v) is 3.73. The molecule has 0 bridgehead atoms. The summed E-state index contributed by atoms with van der Waals surface area (Å²) in [6, 6.07) is 5.92. The number of rotatable bonds is 6. The lowest BCUT2D eigenvalue weighted by Crippen LogP contribution is -2.35. The summed E-state index contributed by atoms with van der Waals surface area (Å²) in [6.45, 7) is 4.31. The van der Waals surface area contributed by atoms with Gasteiger partial charge in [0.1, 0.15) is 11.2 Å². The first-order valence-corrected chi connectivity index (χ1v) is 9.52. The summed E-state index contributed by atoms with van der Waals surface area (Å²) in [5.74, 6) is 0.704. The van der Waals surface area contributed by atoms with Gasteiger partial charge >= 0.3 is 0 Å². The smallest absolute Gasteiger partial charge is 0.247 e. The fourth-order valence-electron chi connectivity index (χ4n) is 3.73. The Morgan fingerprint density at radius 3 is 2.93 bits per heavy atom. The van der Waals surface area contributed by atoms with Gasteiger partial charge in [-0.1, -0.05) is 0 Å². The van der Waals surface area contributed by atoms with Crippen LogP contribution in [0.4, 0.5) is 17.2 Å². The van der Waals surface area contributed by atoms with Crippen molar-refractivity contribution >= 4 is 23.1 Å². The number of carbonyl (C=O) groups excluding carboxylic acids is 1. The predicted molar refractivity (Wildman–Crippen MR) is 104 cm³/mol. The van der Waals surface area contributed by atoms with Crippen LogP contribution in [0.25, 0.3) is 0 Å². The van der Waals surface area contributed by atoms with Crippen molar-refractivity contribution in [3.8, 4) is 6.07 Å². The number of pyridine rings is 1. The number of nitriles is 1. The van der Waals surface area contributed by atoms with Gasteiger partial charge in [-0.3, -0.25) is 9.48 Å². The lowest BCUT2D eigenvalue weighted by atomic mass is 9.83. The molecule has 1 saturated heterocycles. The summed E-state index contributed by atoms with van der Waals surface area (Å²) < 4.78 is 1.69. The van der Waals surface area contributed by atoms with Gasteiger partial charge in [-0.2, -0.15) is 10.4 Å². The van der Waals surface area contributed by atoms with Crippen LogP contribution in [0.5, 0.6) is 0 Å². The normalized spacial score (nSPS) is 22.4. The third-order valence-electron chi connectivity index (χ3n) is 5.75. The van der Waals surface area contributed by atoms with Crippen molar-refractivity contribution in [2.24, 2.45) is 11.3 Å². The molecule has 4 rings (SSSR count). The maximum Gasteiger partial charge on any atom is 0.247 e. The minimum atomic E-state index is -0.853. The fraction of sp³-hybridized carbons (Fsp3) is 0.500. The molecule has 0 radical (unpaired) electrons. The van der Waals surface area contributed by atoms with E-state index in [1.165, 1.54) is 0 Å². The molecule has 146 valence electrons. The van der Waals surface area contributed by atoms with E-state index in [1.807, 2.05) is 19.9 Å². The molecule has 2 fully saturated rings. The summed E-state index contributed by atoms with van der Waals surface area (Å²) in [7, 11) is 0. The van der Waals surface area contributed by atoms with Crippen LogP contribution < -0.4 is 10.2 Å². The van der Waals surface area contributed by atoms with Crippen LogP contribution in [-0.2, 0) is 10.3 Å². The van der Waals surface area contributed by atoms with Gasteiger partial charge in [-0.15, -0.1) is 0 Å². The van der Waals surface area contributed by atoms with Gasteiger partial charge in [-0.25, -0.2) is 4.98 Å². The molecule has 1 aliphatic heterocycles. The Labute approximate surface area is 163 Å². The minimum absolute atomic E-state index is 0.0272. The number of anilines is 3. The second-order valence-corrected chi connectivity index (χ2v) is 8.23. The molecule has 1 aliphatic carbocycles. The van der Waals surface area contributed by atoms with Crippen LogP contribution >= 0.6 is 0 Å². The second kappa shape index (κ2) is 6.60. The molecule has 0 aromatic carbocycles. The first kappa shape index (κ1) is 18.4. The molecule has 0 spiro atoms. The van der Waals surface area contributed by atoms with E-state index >= 15 is 0 Å². The first-order chi connectivity index (χ1) is 13.4. The van der Waals surface area contributed by atoms with E-state index in [0.29, 0.717) is 18.8 Å². The lowest BCUT2D eigenvalue weighted by Gasteiger charge is -2.22. The van der Waals surface area contributed by atoms with Gasteiger partial charge in [-0.05, 0) is 45.1 Å². The summed E-state index contributed by atoms with van der Waals surface area (Å²) in [6.07, 6.45) is 7.63. The van der Waals surface area contributed by atoms with Crippen LogP contribution in [0.3, 0.4) is 0 Å². The Kier molecular flexibility index (Phi) is 4.35. The van der Waals surface area contributed by atoms with Crippen LogP contribution in [0, 0.1) is 22.7 Å². The predicted octanol–water partition coefficient (Wildman–Crippen LogP) is 2.41. The zero-order chi connectivity index (χ0) is 19.9. The van der Waals surface area contributed by atoms with Crippen LogP contribution in [0.2, 0.25) is 0 Å². The number of nitrogens with one attached hydrogen (secondary N) is 1. The average molecular weight is 380 g/mol. The van der Waals surface area contributed by atoms with Gasteiger partial charge in [0.15, 0.2) is 0 Å². The van der Waals surface area contributed by atoms with E-state index in [1.54, 1.807) is 34.2 Å². The molecule has 8 heteroatoms. The molecule has 28 heavy (non-hydrogen) atoms. The molecule has 8 nitrogen and oxygen atoms in total. The van der Waals surface area contributed by atoms with E-state index < -0.39 is 11.0 Å². The Bertz CT molecular complexity index is 942. The zero-order valence-electron chi connectivity index (χ0n) is 16.1. The number of aromatic nitrogens is 3. The van der Waals surface area contributed by atoms with Crippen LogP contribution in [-0.4, -0.2) is 38.9 Å². The largest absolute Gasteiger partial charge is 0.394 e. The van der Waals surface area contributed by atoms with Crippen molar-refractivity contribution in [1.82, 2.24) is 14.8 Å². The highest BCUT2D eigenvalue weighted by atomic mass is 16.3. The number of hydrogen-bond acceptors (Lipinski definition) is 6. The summed E-state index contributed by atoms with van der Waals surface area (Å²) >= 11 is 0. The highest BCUT2D eigenvalue weighted by Gasteiger charge is 2.56. The summed E-state index contributed by atoms with van der Waals surface area (Å²) in [5.41, 5.74) is 0.126. The number of aliphatic hydroxyl groups is 1. The topological polar surface area (TPSA) is 107 Å². The minimum Gasteiger partial charge on any atom is -0.394 e. The van der Waals surface area contributed by atoms with Gasteiger partial charge in [0, 0.05) is 30.7 Å². The van der Waals surface area contributed by atoms with Crippen molar-refractivity contribution in [2.75, 3.05) is 23.4 Å². The Balaban J connectivity index is 1.53. The van der Waals surface area contributed by atoms with E-state index in [2.05, 4.69) is 21.5 Å². The third kappa shape index (κ3) is 3.02. The molecule has 1 saturated carbocycles. The van der Waals surface area contributed by atoms with E-state index in [4.69, 9.17) is 0 Å². The number of nitrogens with zero attached hydrogens (tertiary/aromatic N) is 5. The van der Waals surface area contributed by atoms with E-state index in [9.17, 15) is 15.2 Å². The highest BCUT2D eigenvalue weighted by Crippen LogP contribution is 2.51. The average Bonchev–Trinajstić information content (AvgIpc) is 3.34. The SMILES string of the molecule is CC(C)(CO)n1cc(Nc2cc(N3CCC(C#N)(C4CC4)C3=O)ccn2)cn1. The van der Waals surface area contributed by atoms with Crippen LogP contribution in [0.15, 0.2) is 30.7 Å². The Morgan fingerprint density at radius 2 is 2.25 bits per heavy atom. The first-order valence-electron chi connectivity index (χ1n) is 9.52. The molecule has 2 aromatic rings. The van der Waals surface area contributed by atoms with Crippen molar-refractivity contribution in [2.45, 2.75) is 38.6 Å². The van der Waals surface area contributed by atoms with Crippen molar-refractivity contribution in [3.63, 3.8) is 0 Å². The van der Waals surface area contributed by atoms with Gasteiger partial charge in [0.2, 0.25) is 5.91 Å². The van der Waals surface area contributed by atoms with Crippen molar-refractivity contribution in [3.05, 3.63) is 30.7 Å². The second-order valence-electron chi connectivity index (χ2n) is 8.23. The number of aliphatic hydroxyl groups excluding tert-OH is 1. The lowest BCUT2D eigenvalue weighted by molar-refractivity contribution is -0.123. The molecular weight excluding hydrogens is 356 g/mol. The highest BCUT2D eigenvalue weighted by molar-refractivity contribution is 6.02. The van der Waals surface area contributed by atoms with Crippen LogP contribution in [0.1, 0.15) is 33.1 Å². The molecule has 1 amide bonds. The maximum atomic E-state index is 13.0. The number of hydrogen-bond donors (Lipinski definition) is 2. The molecule has 1 unspecified atom stereocenters. The molecular formula is C20H24N6O2. The van der Waals surface area contributed by atoms with Gasteiger partial charge in [0.05, 0.1) is 30.1 Å². The Morgan fingerprint density at radius 1 is 1.46 bits per heavy atom. The van der Waals surface area contributed by atoms with Crippen molar-refractivity contribution in [1.29, 1.82) is 5.26 Å². The number of amides is 1. The molecule has 3 heterocycles. The Hall–Kier alpha value is -2.92.